The molecule has 0 spiro atoms. The number of hydrogen-bond donors (Lipinski definition) is 2. The predicted molar refractivity (Wildman–Crippen MR) is 120 cm³/mol. The molecule has 0 bridgehead atoms. The number of thiophene rings is 1. The normalized spacial score (nSPS) is 22.0. The van der Waals surface area contributed by atoms with E-state index in [0.29, 0.717) is 5.92 Å². The zero-order valence-electron chi connectivity index (χ0n) is 17.2. The lowest BCUT2D eigenvalue weighted by Crippen LogP contribution is -2.37. The van der Waals surface area contributed by atoms with Gasteiger partial charge in [-0.3, -0.25) is 9.69 Å². The van der Waals surface area contributed by atoms with E-state index in [4.69, 9.17) is 4.98 Å². The molecule has 2 aromatic rings. The van der Waals surface area contributed by atoms with E-state index >= 15 is 0 Å². The van der Waals surface area contributed by atoms with Crippen molar-refractivity contribution in [2.75, 3.05) is 26.7 Å². The van der Waals surface area contributed by atoms with E-state index in [0.717, 1.165) is 54.4 Å². The molecule has 4 rings (SSSR count). The quantitative estimate of drug-likeness (QED) is 0.763. The number of piperidine rings is 1. The van der Waals surface area contributed by atoms with Crippen molar-refractivity contribution in [3.63, 3.8) is 0 Å². The van der Waals surface area contributed by atoms with Crippen LogP contribution in [0.15, 0.2) is 4.79 Å². The van der Waals surface area contributed by atoms with Gasteiger partial charge in [0.1, 0.15) is 10.7 Å². The van der Waals surface area contributed by atoms with Gasteiger partial charge in [0.05, 0.1) is 11.4 Å². The fraction of sp³-hybridized carbons (Fsp3) is 0.714. The summed E-state index contributed by atoms with van der Waals surface area (Å²) in [6.07, 6.45) is 7.04. The summed E-state index contributed by atoms with van der Waals surface area (Å²) in [5.41, 5.74) is 1.34. The number of aromatic amines is 1. The van der Waals surface area contributed by atoms with Crippen LogP contribution >= 0.6 is 23.7 Å². The average molecular weight is 425 g/mol. The fourth-order valence-electron chi connectivity index (χ4n) is 4.71. The molecule has 1 aliphatic carbocycles. The van der Waals surface area contributed by atoms with Gasteiger partial charge in [-0.2, -0.15) is 0 Å². The lowest BCUT2D eigenvalue weighted by Gasteiger charge is -2.35. The van der Waals surface area contributed by atoms with Crippen LogP contribution in [0, 0.1) is 11.8 Å². The second-order valence-electron chi connectivity index (χ2n) is 8.53. The number of halogens is 1. The molecule has 5 nitrogen and oxygen atoms in total. The van der Waals surface area contributed by atoms with Crippen molar-refractivity contribution in [1.82, 2.24) is 20.2 Å². The molecule has 7 heteroatoms. The zero-order valence-corrected chi connectivity index (χ0v) is 18.8. The molecular formula is C21H33ClN4OS. The van der Waals surface area contributed by atoms with Crippen molar-refractivity contribution in [3.8, 4) is 0 Å². The van der Waals surface area contributed by atoms with Gasteiger partial charge in [0.25, 0.3) is 5.56 Å². The van der Waals surface area contributed by atoms with Gasteiger partial charge in [-0.25, -0.2) is 4.98 Å². The molecule has 3 heterocycles. The van der Waals surface area contributed by atoms with Crippen LogP contribution in [-0.2, 0) is 12.8 Å². The smallest absolute Gasteiger partial charge is 0.259 e. The maximum absolute atomic E-state index is 12.9. The van der Waals surface area contributed by atoms with Gasteiger partial charge in [-0.05, 0) is 89.5 Å². The third-order valence-electron chi connectivity index (χ3n) is 6.58. The van der Waals surface area contributed by atoms with Crippen LogP contribution in [0.1, 0.15) is 61.8 Å². The minimum Gasteiger partial charge on any atom is -0.320 e. The summed E-state index contributed by atoms with van der Waals surface area (Å²) in [5, 5.41) is 4.12. The van der Waals surface area contributed by atoms with Gasteiger partial charge in [0.15, 0.2) is 0 Å². The fourth-order valence-corrected chi connectivity index (χ4v) is 6.10. The van der Waals surface area contributed by atoms with Gasteiger partial charge in [-0.15, -0.1) is 23.7 Å². The molecule has 0 amide bonds. The van der Waals surface area contributed by atoms with Crippen LogP contribution in [0.4, 0.5) is 0 Å². The summed E-state index contributed by atoms with van der Waals surface area (Å²) < 4.78 is 0. The zero-order chi connectivity index (χ0) is 19.0. The Bertz CT molecular complexity index is 856. The summed E-state index contributed by atoms with van der Waals surface area (Å²) >= 11 is 1.75. The van der Waals surface area contributed by atoms with E-state index in [2.05, 4.69) is 29.0 Å². The number of nitrogens with zero attached hydrogens (tertiary/aromatic N) is 2. The van der Waals surface area contributed by atoms with E-state index in [1.807, 2.05) is 7.05 Å². The number of rotatable bonds is 5. The summed E-state index contributed by atoms with van der Waals surface area (Å²) in [5.74, 6) is 2.38. The SMILES string of the molecule is CNCCC1CCN(C(C)c2nc3sc4c(c3c(=O)[nH]2)CCC(C)C4)CC1.Cl. The second kappa shape index (κ2) is 9.24. The number of likely N-dealkylation sites (tertiary alicyclic amines) is 1. The summed E-state index contributed by atoms with van der Waals surface area (Å²) in [7, 11) is 2.03. The van der Waals surface area contributed by atoms with E-state index in [-0.39, 0.29) is 24.0 Å². The molecule has 2 aromatic heterocycles. The molecule has 1 aliphatic heterocycles. The molecule has 28 heavy (non-hydrogen) atoms. The first-order valence-corrected chi connectivity index (χ1v) is 11.3. The van der Waals surface area contributed by atoms with E-state index in [1.165, 1.54) is 36.1 Å². The highest BCUT2D eigenvalue weighted by Gasteiger charge is 2.27. The molecule has 2 aliphatic rings. The van der Waals surface area contributed by atoms with Crippen LogP contribution in [0.5, 0.6) is 0 Å². The number of nitrogens with one attached hydrogen (secondary N) is 2. The molecule has 0 radical (unpaired) electrons. The summed E-state index contributed by atoms with van der Waals surface area (Å²) in [6, 6.07) is 0.172. The molecule has 2 N–H and O–H groups in total. The van der Waals surface area contributed by atoms with Crippen molar-refractivity contribution in [2.45, 2.75) is 58.4 Å². The van der Waals surface area contributed by atoms with Crippen LogP contribution < -0.4 is 10.9 Å². The number of aromatic nitrogens is 2. The Labute approximate surface area is 177 Å². The standard InChI is InChI=1S/C21H32N4OS.ClH/c1-13-4-5-16-17(12-13)27-21-18(16)20(26)23-19(24-21)14(2)25-10-7-15(8-11-25)6-9-22-3;/h13-15,22H,4-12H2,1-3H3,(H,23,24,26);1H. The topological polar surface area (TPSA) is 61.0 Å². The Balaban J connectivity index is 0.00000225. The molecule has 0 saturated carbocycles. The lowest BCUT2D eigenvalue weighted by molar-refractivity contribution is 0.133. The van der Waals surface area contributed by atoms with E-state index in [9.17, 15) is 4.79 Å². The van der Waals surface area contributed by atoms with Gasteiger partial charge in [0.2, 0.25) is 0 Å². The molecular weight excluding hydrogens is 392 g/mol. The van der Waals surface area contributed by atoms with Crippen LogP contribution in [0.25, 0.3) is 10.2 Å². The Morgan fingerprint density at radius 1 is 1.32 bits per heavy atom. The molecule has 1 fully saturated rings. The monoisotopic (exact) mass is 424 g/mol. The third-order valence-corrected chi connectivity index (χ3v) is 7.73. The maximum Gasteiger partial charge on any atom is 0.259 e. The minimum atomic E-state index is 0. The predicted octanol–water partition coefficient (Wildman–Crippen LogP) is 3.91. The van der Waals surface area contributed by atoms with Crippen molar-refractivity contribution in [3.05, 3.63) is 26.6 Å². The van der Waals surface area contributed by atoms with Crippen LogP contribution in [0.2, 0.25) is 0 Å². The van der Waals surface area contributed by atoms with E-state index < -0.39 is 0 Å². The van der Waals surface area contributed by atoms with E-state index in [1.54, 1.807) is 11.3 Å². The minimum absolute atomic E-state index is 0. The largest absolute Gasteiger partial charge is 0.320 e. The van der Waals surface area contributed by atoms with Gasteiger partial charge in [-0.1, -0.05) is 6.92 Å². The number of hydrogen-bond acceptors (Lipinski definition) is 5. The van der Waals surface area contributed by atoms with Crippen molar-refractivity contribution < 1.29 is 0 Å². The Morgan fingerprint density at radius 2 is 2.07 bits per heavy atom. The second-order valence-corrected chi connectivity index (χ2v) is 9.61. The highest BCUT2D eigenvalue weighted by molar-refractivity contribution is 7.18. The maximum atomic E-state index is 12.9. The Kier molecular flexibility index (Phi) is 7.18. The number of aryl methyl sites for hydroxylation is 1. The van der Waals surface area contributed by atoms with Crippen molar-refractivity contribution in [2.24, 2.45) is 11.8 Å². The molecule has 0 aromatic carbocycles. The Morgan fingerprint density at radius 3 is 2.79 bits per heavy atom. The van der Waals surface area contributed by atoms with Gasteiger partial charge in [0, 0.05) is 4.88 Å². The molecule has 2 atom stereocenters. The first-order valence-electron chi connectivity index (χ1n) is 10.5. The highest BCUT2D eigenvalue weighted by atomic mass is 35.5. The van der Waals surface area contributed by atoms with Crippen LogP contribution in [0.3, 0.4) is 0 Å². The van der Waals surface area contributed by atoms with Crippen LogP contribution in [-0.4, -0.2) is 41.5 Å². The number of fused-ring (bicyclic) bond motifs is 3. The molecule has 1 saturated heterocycles. The van der Waals surface area contributed by atoms with Gasteiger partial charge >= 0.3 is 0 Å². The summed E-state index contributed by atoms with van der Waals surface area (Å²) in [4.78, 5) is 25.7. The highest BCUT2D eigenvalue weighted by Crippen LogP contribution is 2.36. The molecule has 156 valence electrons. The first kappa shape index (κ1) is 21.8. The summed E-state index contributed by atoms with van der Waals surface area (Å²) in [6.45, 7) is 7.78. The molecule has 2 unspecified atom stereocenters. The number of H-pyrrole nitrogens is 1. The van der Waals surface area contributed by atoms with Crippen molar-refractivity contribution >= 4 is 34.0 Å². The van der Waals surface area contributed by atoms with Crippen molar-refractivity contribution in [1.29, 1.82) is 0 Å². The third kappa shape index (κ3) is 4.30. The average Bonchev–Trinajstić information content (AvgIpc) is 3.04. The Hall–Kier alpha value is -0.950. The van der Waals surface area contributed by atoms with Gasteiger partial charge < -0.3 is 10.3 Å². The first-order chi connectivity index (χ1) is 13.1. The lowest BCUT2D eigenvalue weighted by atomic mass is 9.89.